The van der Waals surface area contributed by atoms with Gasteiger partial charge in [-0.1, -0.05) is 13.5 Å². The fraction of sp³-hybridized carbons (Fsp3) is 0.524. The van der Waals surface area contributed by atoms with Crippen LogP contribution in [0.1, 0.15) is 43.5 Å². The highest BCUT2D eigenvalue weighted by Gasteiger charge is 2.32. The molecule has 0 aliphatic carbocycles. The Balaban J connectivity index is 1.67. The summed E-state index contributed by atoms with van der Waals surface area (Å²) in [5, 5.41) is 5.89. The monoisotopic (exact) mass is 452 g/mol. The minimum Gasteiger partial charge on any atom is -0.363 e. The summed E-state index contributed by atoms with van der Waals surface area (Å²) in [4.78, 5) is 37.7. The van der Waals surface area contributed by atoms with E-state index in [2.05, 4.69) is 32.2 Å². The number of fused-ring (bicyclic) bond motifs is 1. The van der Waals surface area contributed by atoms with Crippen molar-refractivity contribution in [2.45, 2.75) is 44.8 Å². The summed E-state index contributed by atoms with van der Waals surface area (Å²) >= 11 is 0. The largest absolute Gasteiger partial charge is 0.389 e. The zero-order valence-corrected chi connectivity index (χ0v) is 18.1. The van der Waals surface area contributed by atoms with E-state index >= 15 is 0 Å². The van der Waals surface area contributed by atoms with Gasteiger partial charge in [0.05, 0.1) is 11.8 Å². The smallest absolute Gasteiger partial charge is 0.363 e. The average Bonchev–Trinajstić information content (AvgIpc) is 3.14. The molecular weight excluding hydrogens is 425 g/mol. The molecule has 2 aromatic rings. The van der Waals surface area contributed by atoms with Crippen molar-refractivity contribution >= 4 is 28.8 Å². The van der Waals surface area contributed by atoms with Gasteiger partial charge < -0.3 is 20.5 Å². The first-order valence-corrected chi connectivity index (χ1v) is 10.4. The first-order valence-electron chi connectivity index (χ1n) is 10.4. The average molecular weight is 452 g/mol. The quantitative estimate of drug-likeness (QED) is 0.560. The lowest BCUT2D eigenvalue weighted by Gasteiger charge is -2.39. The fourth-order valence-corrected chi connectivity index (χ4v) is 3.74. The van der Waals surface area contributed by atoms with Crippen LogP contribution in [0.25, 0.3) is 11.2 Å². The van der Waals surface area contributed by atoms with Gasteiger partial charge in [0, 0.05) is 37.8 Å². The Morgan fingerprint density at radius 3 is 2.69 bits per heavy atom. The Labute approximate surface area is 183 Å². The van der Waals surface area contributed by atoms with Crippen molar-refractivity contribution in [1.29, 1.82) is 0 Å². The first-order chi connectivity index (χ1) is 15.0. The van der Waals surface area contributed by atoms with Crippen molar-refractivity contribution in [3.05, 3.63) is 30.6 Å². The van der Waals surface area contributed by atoms with Crippen LogP contribution in [0.3, 0.4) is 0 Å². The first kappa shape index (κ1) is 23.6. The van der Waals surface area contributed by atoms with Crippen LogP contribution in [0.5, 0.6) is 0 Å². The van der Waals surface area contributed by atoms with Gasteiger partial charge >= 0.3 is 6.18 Å². The Morgan fingerprint density at radius 1 is 1.38 bits per heavy atom. The van der Waals surface area contributed by atoms with E-state index < -0.39 is 24.4 Å². The molecule has 0 saturated carbocycles. The number of hydrogen-bond acceptors (Lipinski definition) is 5. The van der Waals surface area contributed by atoms with Crippen LogP contribution in [-0.4, -0.2) is 63.0 Å². The number of H-pyrrole nitrogens is 1. The standard InChI is InChI=1S/C21H27F3N6O2/c1-4-16(31)30-7-5-20(3,6-8-30)29-15-12-26-18-17(28-15)14(11-25-18)19(32)27-10-13(2)9-21(22,23)24/h4,11-13H,1,5-10H2,2-3H3,(H,25,26)(H,27,32)(H,28,29). The lowest BCUT2D eigenvalue weighted by molar-refractivity contribution is -0.142. The number of alkyl halides is 3. The van der Waals surface area contributed by atoms with Crippen LogP contribution in [0.15, 0.2) is 25.0 Å². The lowest BCUT2D eigenvalue weighted by Crippen LogP contribution is -2.48. The number of nitrogens with one attached hydrogen (secondary N) is 3. The zero-order valence-electron chi connectivity index (χ0n) is 18.1. The second-order valence-electron chi connectivity index (χ2n) is 8.50. The van der Waals surface area contributed by atoms with E-state index in [9.17, 15) is 22.8 Å². The maximum absolute atomic E-state index is 12.5. The third-order valence-electron chi connectivity index (χ3n) is 5.60. The van der Waals surface area contributed by atoms with Crippen LogP contribution < -0.4 is 10.6 Å². The SMILES string of the molecule is C=CC(=O)N1CCC(C)(Nc2cnc3[nH]cc(C(=O)NCC(C)CC(F)(F)F)c3n2)CC1. The summed E-state index contributed by atoms with van der Waals surface area (Å²) in [6, 6.07) is 0. The summed E-state index contributed by atoms with van der Waals surface area (Å²) in [5.41, 5.74) is 0.637. The molecule has 3 heterocycles. The summed E-state index contributed by atoms with van der Waals surface area (Å²) < 4.78 is 37.5. The van der Waals surface area contributed by atoms with Crippen LogP contribution in [0.2, 0.25) is 0 Å². The predicted octanol–water partition coefficient (Wildman–Crippen LogP) is 3.26. The van der Waals surface area contributed by atoms with E-state index in [0.717, 1.165) is 0 Å². The van der Waals surface area contributed by atoms with Gasteiger partial charge in [-0.15, -0.1) is 0 Å². The molecule has 2 aromatic heterocycles. The van der Waals surface area contributed by atoms with Crippen molar-refractivity contribution < 1.29 is 22.8 Å². The molecule has 1 unspecified atom stereocenters. The normalized spacial score (nSPS) is 17.1. The Bertz CT molecular complexity index is 995. The van der Waals surface area contributed by atoms with Gasteiger partial charge in [-0.3, -0.25) is 9.59 Å². The predicted molar refractivity (Wildman–Crippen MR) is 114 cm³/mol. The summed E-state index contributed by atoms with van der Waals surface area (Å²) in [6.45, 7) is 8.03. The van der Waals surface area contributed by atoms with Crippen molar-refractivity contribution in [1.82, 2.24) is 25.2 Å². The summed E-state index contributed by atoms with van der Waals surface area (Å²) in [5.74, 6) is -0.881. The molecule has 1 atom stereocenters. The molecule has 1 aliphatic rings. The van der Waals surface area contributed by atoms with E-state index in [4.69, 9.17) is 0 Å². The fourth-order valence-electron chi connectivity index (χ4n) is 3.74. The van der Waals surface area contributed by atoms with Crippen LogP contribution in [-0.2, 0) is 4.79 Å². The van der Waals surface area contributed by atoms with Gasteiger partial charge in [0.2, 0.25) is 5.91 Å². The number of aromatic amines is 1. The Morgan fingerprint density at radius 2 is 2.06 bits per heavy atom. The second kappa shape index (κ2) is 9.17. The molecule has 1 saturated heterocycles. The van der Waals surface area contributed by atoms with Gasteiger partial charge in [-0.05, 0) is 31.8 Å². The molecule has 174 valence electrons. The molecule has 0 spiro atoms. The number of carbonyl (C=O) groups is 2. The lowest BCUT2D eigenvalue weighted by atomic mass is 9.89. The molecule has 32 heavy (non-hydrogen) atoms. The minimum atomic E-state index is -4.28. The van der Waals surface area contributed by atoms with Crippen LogP contribution >= 0.6 is 0 Å². The van der Waals surface area contributed by atoms with Crippen LogP contribution in [0, 0.1) is 5.92 Å². The van der Waals surface area contributed by atoms with E-state index in [1.807, 2.05) is 6.92 Å². The molecule has 11 heteroatoms. The number of piperidine rings is 1. The number of nitrogens with zero attached hydrogens (tertiary/aromatic N) is 3. The highest BCUT2D eigenvalue weighted by Crippen LogP contribution is 2.27. The highest BCUT2D eigenvalue weighted by molar-refractivity contribution is 6.04. The van der Waals surface area contributed by atoms with Gasteiger partial charge in [0.25, 0.3) is 5.91 Å². The molecule has 0 bridgehead atoms. The molecule has 2 amide bonds. The number of anilines is 1. The molecule has 0 aromatic carbocycles. The van der Waals surface area contributed by atoms with Gasteiger partial charge in [-0.2, -0.15) is 13.2 Å². The zero-order chi connectivity index (χ0) is 23.5. The number of amides is 2. The summed E-state index contributed by atoms with van der Waals surface area (Å²) in [6.07, 6.45) is 0.453. The van der Waals surface area contributed by atoms with Crippen molar-refractivity contribution in [3.63, 3.8) is 0 Å². The molecule has 1 fully saturated rings. The molecule has 8 nitrogen and oxygen atoms in total. The van der Waals surface area contributed by atoms with E-state index in [0.29, 0.717) is 42.9 Å². The molecular formula is C21H27F3N6O2. The summed E-state index contributed by atoms with van der Waals surface area (Å²) in [7, 11) is 0. The highest BCUT2D eigenvalue weighted by atomic mass is 19.4. The maximum Gasteiger partial charge on any atom is 0.389 e. The second-order valence-corrected chi connectivity index (χ2v) is 8.50. The van der Waals surface area contributed by atoms with Gasteiger partial charge in [-0.25, -0.2) is 9.97 Å². The molecule has 1 aliphatic heterocycles. The molecule has 3 N–H and O–H groups in total. The minimum absolute atomic E-state index is 0.0965. The van der Waals surface area contributed by atoms with E-state index in [1.54, 1.807) is 11.1 Å². The number of carbonyl (C=O) groups excluding carboxylic acids is 2. The number of halogens is 3. The Kier molecular flexibility index (Phi) is 6.75. The third-order valence-corrected chi connectivity index (χ3v) is 5.60. The number of likely N-dealkylation sites (tertiary alicyclic amines) is 1. The maximum atomic E-state index is 12.5. The molecule has 3 rings (SSSR count). The van der Waals surface area contributed by atoms with Gasteiger partial charge in [0.15, 0.2) is 5.65 Å². The van der Waals surface area contributed by atoms with Crippen LogP contribution in [0.4, 0.5) is 19.0 Å². The number of hydrogen-bond donors (Lipinski definition) is 3. The van der Waals surface area contributed by atoms with E-state index in [1.165, 1.54) is 19.2 Å². The number of aromatic nitrogens is 3. The van der Waals surface area contributed by atoms with Crippen molar-refractivity contribution in [2.24, 2.45) is 5.92 Å². The Hall–Kier alpha value is -3.11. The van der Waals surface area contributed by atoms with Crippen molar-refractivity contribution in [2.75, 3.05) is 25.0 Å². The molecule has 0 radical (unpaired) electrons. The van der Waals surface area contributed by atoms with Gasteiger partial charge in [0.1, 0.15) is 11.3 Å². The topological polar surface area (TPSA) is 103 Å². The van der Waals surface area contributed by atoms with E-state index in [-0.39, 0.29) is 23.6 Å². The number of rotatable bonds is 7. The van der Waals surface area contributed by atoms with Crippen molar-refractivity contribution in [3.8, 4) is 0 Å². The third kappa shape index (κ3) is 5.77.